The molecular formula is C19H17BrN4O2S2. The van der Waals surface area contributed by atoms with Gasteiger partial charge in [-0.3, -0.25) is 19.8 Å². The summed E-state index contributed by atoms with van der Waals surface area (Å²) in [4.78, 5) is 32.3. The van der Waals surface area contributed by atoms with E-state index >= 15 is 0 Å². The van der Waals surface area contributed by atoms with Crippen molar-refractivity contribution in [2.75, 3.05) is 23.7 Å². The fraction of sp³-hybridized carbons (Fsp3) is 0.211. The average molecular weight is 477 g/mol. The van der Waals surface area contributed by atoms with Crippen LogP contribution in [0.3, 0.4) is 0 Å². The molecule has 4 rings (SSSR count). The molecule has 0 atom stereocenters. The first-order valence-electron chi connectivity index (χ1n) is 8.67. The van der Waals surface area contributed by atoms with Crippen molar-refractivity contribution >= 4 is 61.2 Å². The third-order valence-electron chi connectivity index (χ3n) is 4.31. The molecule has 0 bridgehead atoms. The van der Waals surface area contributed by atoms with Crippen molar-refractivity contribution in [3.8, 4) is 0 Å². The van der Waals surface area contributed by atoms with E-state index in [2.05, 4.69) is 36.4 Å². The highest BCUT2D eigenvalue weighted by Gasteiger charge is 2.23. The first-order valence-corrected chi connectivity index (χ1v) is 11.2. The van der Waals surface area contributed by atoms with Crippen molar-refractivity contribution in [1.82, 2.24) is 9.88 Å². The van der Waals surface area contributed by atoms with E-state index in [4.69, 9.17) is 0 Å². The topological polar surface area (TPSA) is 74.3 Å². The summed E-state index contributed by atoms with van der Waals surface area (Å²) >= 11 is 6.35. The number of fused-ring (bicyclic) bond motifs is 1. The summed E-state index contributed by atoms with van der Waals surface area (Å²) in [5, 5.41) is 10.1. The number of anilines is 2. The Kier molecular flexibility index (Phi) is 5.86. The lowest BCUT2D eigenvalue weighted by Gasteiger charge is -2.25. The van der Waals surface area contributed by atoms with Gasteiger partial charge in [-0.25, -0.2) is 4.98 Å². The molecule has 0 unspecified atom stereocenters. The molecule has 2 N–H and O–H groups in total. The van der Waals surface area contributed by atoms with Gasteiger partial charge < -0.3 is 5.32 Å². The SMILES string of the molecule is O=C(CN1CCc2nc(NC(=O)c3ccsc3)sc2C1)Nc1ccc(Br)cc1. The van der Waals surface area contributed by atoms with Crippen LogP contribution in [0.4, 0.5) is 10.8 Å². The minimum Gasteiger partial charge on any atom is -0.325 e. The smallest absolute Gasteiger partial charge is 0.258 e. The summed E-state index contributed by atoms with van der Waals surface area (Å²) in [6.07, 6.45) is 0.770. The van der Waals surface area contributed by atoms with Crippen LogP contribution in [-0.4, -0.2) is 34.8 Å². The second kappa shape index (κ2) is 8.52. The van der Waals surface area contributed by atoms with Crippen LogP contribution in [-0.2, 0) is 17.8 Å². The summed E-state index contributed by atoms with van der Waals surface area (Å²) in [6, 6.07) is 9.31. The number of nitrogens with zero attached hydrogens (tertiary/aromatic N) is 2. The summed E-state index contributed by atoms with van der Waals surface area (Å²) in [5.74, 6) is -0.181. The molecule has 0 fully saturated rings. The maximum absolute atomic E-state index is 12.3. The monoisotopic (exact) mass is 476 g/mol. The summed E-state index contributed by atoms with van der Waals surface area (Å²) in [5.41, 5.74) is 2.43. The van der Waals surface area contributed by atoms with Gasteiger partial charge in [0, 0.05) is 39.9 Å². The molecule has 2 aromatic heterocycles. The lowest BCUT2D eigenvalue weighted by Crippen LogP contribution is -2.36. The molecule has 1 aliphatic rings. The number of carbonyl (C=O) groups is 2. The Labute approximate surface area is 178 Å². The minimum atomic E-state index is -0.141. The number of hydrogen-bond acceptors (Lipinski definition) is 6. The quantitative estimate of drug-likeness (QED) is 0.577. The van der Waals surface area contributed by atoms with Crippen molar-refractivity contribution in [3.63, 3.8) is 0 Å². The van der Waals surface area contributed by atoms with E-state index in [9.17, 15) is 9.59 Å². The van der Waals surface area contributed by atoms with Gasteiger partial charge in [0.15, 0.2) is 5.13 Å². The van der Waals surface area contributed by atoms with Gasteiger partial charge >= 0.3 is 0 Å². The van der Waals surface area contributed by atoms with Crippen LogP contribution >= 0.6 is 38.6 Å². The number of halogens is 1. The van der Waals surface area contributed by atoms with E-state index in [0.717, 1.165) is 33.7 Å². The lowest BCUT2D eigenvalue weighted by molar-refractivity contribution is -0.117. The second-order valence-corrected chi connectivity index (χ2v) is 9.15. The van der Waals surface area contributed by atoms with Gasteiger partial charge in [-0.1, -0.05) is 15.9 Å². The highest BCUT2D eigenvalue weighted by Crippen LogP contribution is 2.28. The predicted octanol–water partition coefficient (Wildman–Crippen LogP) is 4.22. The summed E-state index contributed by atoms with van der Waals surface area (Å²) in [7, 11) is 0. The van der Waals surface area contributed by atoms with E-state index in [1.165, 1.54) is 22.7 Å². The normalized spacial score (nSPS) is 13.8. The molecule has 1 aliphatic heterocycles. The Bertz CT molecular complexity index is 986. The molecule has 0 saturated carbocycles. The Morgan fingerprint density at radius 1 is 1.18 bits per heavy atom. The number of carbonyl (C=O) groups excluding carboxylic acids is 2. The first-order chi connectivity index (χ1) is 13.6. The zero-order chi connectivity index (χ0) is 19.5. The molecule has 3 heterocycles. The zero-order valence-corrected chi connectivity index (χ0v) is 18.0. The van der Waals surface area contributed by atoms with Crippen molar-refractivity contribution in [2.24, 2.45) is 0 Å². The minimum absolute atomic E-state index is 0.0405. The first kappa shape index (κ1) is 19.3. The predicted molar refractivity (Wildman–Crippen MR) is 116 cm³/mol. The van der Waals surface area contributed by atoms with Crippen LogP contribution in [0.15, 0.2) is 45.6 Å². The molecule has 2 amide bonds. The molecule has 0 saturated heterocycles. The van der Waals surface area contributed by atoms with Gasteiger partial charge in [0.05, 0.1) is 17.8 Å². The fourth-order valence-electron chi connectivity index (χ4n) is 2.94. The molecule has 3 aromatic rings. The number of aromatic nitrogens is 1. The van der Waals surface area contributed by atoms with E-state index in [-0.39, 0.29) is 11.8 Å². The maximum Gasteiger partial charge on any atom is 0.258 e. The lowest BCUT2D eigenvalue weighted by atomic mass is 10.2. The zero-order valence-electron chi connectivity index (χ0n) is 14.8. The van der Waals surface area contributed by atoms with Crippen molar-refractivity contribution in [1.29, 1.82) is 0 Å². The Balaban J connectivity index is 1.34. The molecule has 0 aliphatic carbocycles. The third kappa shape index (κ3) is 4.67. The standard InChI is InChI=1S/C19H17BrN4O2S2/c20-13-1-3-14(4-2-13)21-17(25)10-24-7-5-15-16(9-24)28-19(22-15)23-18(26)12-6-8-27-11-12/h1-4,6,8,11H,5,7,9-10H2,(H,21,25)(H,22,23,26). The molecule has 6 nitrogen and oxygen atoms in total. The van der Waals surface area contributed by atoms with Crippen LogP contribution in [0.2, 0.25) is 0 Å². The molecule has 0 radical (unpaired) electrons. The number of rotatable bonds is 5. The number of thiophene rings is 1. The van der Waals surface area contributed by atoms with Crippen molar-refractivity contribution in [3.05, 3.63) is 61.7 Å². The highest BCUT2D eigenvalue weighted by atomic mass is 79.9. The molecule has 144 valence electrons. The maximum atomic E-state index is 12.3. The van der Waals surface area contributed by atoms with E-state index in [1.54, 1.807) is 6.07 Å². The van der Waals surface area contributed by atoms with E-state index in [0.29, 0.717) is 23.8 Å². The van der Waals surface area contributed by atoms with Crippen LogP contribution in [0.25, 0.3) is 0 Å². The summed E-state index contributed by atoms with van der Waals surface area (Å²) < 4.78 is 0.973. The Morgan fingerprint density at radius 3 is 2.75 bits per heavy atom. The van der Waals surface area contributed by atoms with Crippen LogP contribution < -0.4 is 10.6 Å². The second-order valence-electron chi connectivity index (χ2n) is 6.37. The molecule has 28 heavy (non-hydrogen) atoms. The van der Waals surface area contributed by atoms with Crippen LogP contribution in [0, 0.1) is 0 Å². The largest absolute Gasteiger partial charge is 0.325 e. The molecule has 1 aromatic carbocycles. The Hall–Kier alpha value is -2.07. The van der Waals surface area contributed by atoms with Gasteiger partial charge in [-0.2, -0.15) is 11.3 Å². The third-order valence-corrected chi connectivity index (χ3v) is 6.52. The van der Waals surface area contributed by atoms with Gasteiger partial charge in [0.1, 0.15) is 0 Å². The van der Waals surface area contributed by atoms with Crippen molar-refractivity contribution < 1.29 is 9.59 Å². The number of benzene rings is 1. The van der Waals surface area contributed by atoms with Gasteiger partial charge in [-0.15, -0.1) is 11.3 Å². The number of thiazole rings is 1. The average Bonchev–Trinajstić information content (AvgIpc) is 3.32. The Morgan fingerprint density at radius 2 is 2.00 bits per heavy atom. The molecule has 9 heteroatoms. The number of amides is 2. The van der Waals surface area contributed by atoms with E-state index in [1.807, 2.05) is 35.0 Å². The van der Waals surface area contributed by atoms with Gasteiger partial charge in [0.2, 0.25) is 5.91 Å². The highest BCUT2D eigenvalue weighted by molar-refractivity contribution is 9.10. The van der Waals surface area contributed by atoms with Crippen molar-refractivity contribution in [2.45, 2.75) is 13.0 Å². The molecular weight excluding hydrogens is 460 g/mol. The summed E-state index contributed by atoms with van der Waals surface area (Å²) in [6.45, 7) is 1.75. The van der Waals surface area contributed by atoms with Crippen LogP contribution in [0.5, 0.6) is 0 Å². The van der Waals surface area contributed by atoms with Gasteiger partial charge in [-0.05, 0) is 35.7 Å². The fourth-order valence-corrected chi connectivity index (χ4v) is 4.88. The number of hydrogen-bond donors (Lipinski definition) is 2. The number of nitrogens with one attached hydrogen (secondary N) is 2. The van der Waals surface area contributed by atoms with Crippen LogP contribution in [0.1, 0.15) is 20.9 Å². The van der Waals surface area contributed by atoms with E-state index < -0.39 is 0 Å². The molecule has 0 spiro atoms. The van der Waals surface area contributed by atoms with Gasteiger partial charge in [0.25, 0.3) is 5.91 Å².